The van der Waals surface area contributed by atoms with Gasteiger partial charge in [-0.1, -0.05) is 13.8 Å². The van der Waals surface area contributed by atoms with Gasteiger partial charge >= 0.3 is 0 Å². The van der Waals surface area contributed by atoms with Crippen LogP contribution >= 0.6 is 0 Å². The second-order valence-electron chi connectivity index (χ2n) is 4.07. The summed E-state index contributed by atoms with van der Waals surface area (Å²) in [4.78, 5) is 16.0. The van der Waals surface area contributed by atoms with E-state index in [9.17, 15) is 9.90 Å². The summed E-state index contributed by atoms with van der Waals surface area (Å²) in [7, 11) is 0. The second-order valence-corrected chi connectivity index (χ2v) is 4.07. The number of fused-ring (bicyclic) bond motifs is 1. The van der Waals surface area contributed by atoms with Gasteiger partial charge in [-0.15, -0.1) is 0 Å². The van der Waals surface area contributed by atoms with Crippen molar-refractivity contribution < 1.29 is 9.90 Å². The van der Waals surface area contributed by atoms with E-state index >= 15 is 0 Å². The molecule has 0 bridgehead atoms. The molecule has 16 heavy (non-hydrogen) atoms. The number of rotatable bonds is 2. The highest BCUT2D eigenvalue weighted by Gasteiger charge is 2.14. The minimum Gasteiger partial charge on any atom is -0.507 e. The molecule has 2 rings (SSSR count). The summed E-state index contributed by atoms with van der Waals surface area (Å²) in [6.45, 7) is 3.72. The zero-order valence-corrected chi connectivity index (χ0v) is 9.27. The van der Waals surface area contributed by atoms with E-state index in [1.165, 1.54) is 0 Å². The third-order valence-corrected chi connectivity index (χ3v) is 2.58. The van der Waals surface area contributed by atoms with Gasteiger partial charge in [0.25, 0.3) is 0 Å². The molecule has 0 atom stereocenters. The Balaban J connectivity index is 2.72. The lowest BCUT2D eigenvalue weighted by Gasteiger charge is -2.08. The van der Waals surface area contributed by atoms with Crippen LogP contribution in [0, 0.1) is 5.92 Å². The molecule has 3 heteroatoms. The van der Waals surface area contributed by atoms with Gasteiger partial charge in [0.2, 0.25) is 0 Å². The van der Waals surface area contributed by atoms with Crippen molar-refractivity contribution in [3.05, 3.63) is 36.2 Å². The SMILES string of the molecule is CC(C)C(=O)c1ccc(O)c2ccncc12. The number of phenolic OH excluding ortho intramolecular Hbond substituents is 1. The van der Waals surface area contributed by atoms with Gasteiger partial charge in [0.05, 0.1) is 0 Å². The summed E-state index contributed by atoms with van der Waals surface area (Å²) in [5, 5.41) is 11.1. The molecular formula is C13H13NO2. The Labute approximate surface area is 93.7 Å². The first kappa shape index (κ1) is 10.6. The molecule has 0 aliphatic heterocycles. The maximum absolute atomic E-state index is 12.0. The van der Waals surface area contributed by atoms with Gasteiger partial charge in [0.1, 0.15) is 5.75 Å². The third-order valence-electron chi connectivity index (χ3n) is 2.58. The number of ketones is 1. The molecule has 0 fully saturated rings. The van der Waals surface area contributed by atoms with Gasteiger partial charge in [-0.25, -0.2) is 0 Å². The van der Waals surface area contributed by atoms with Crippen molar-refractivity contribution >= 4 is 16.6 Å². The zero-order chi connectivity index (χ0) is 11.7. The Hall–Kier alpha value is -1.90. The van der Waals surface area contributed by atoms with Crippen molar-refractivity contribution in [1.29, 1.82) is 0 Å². The number of carbonyl (C=O) groups excluding carboxylic acids is 1. The number of hydrogen-bond acceptors (Lipinski definition) is 3. The van der Waals surface area contributed by atoms with Crippen molar-refractivity contribution in [2.75, 3.05) is 0 Å². The largest absolute Gasteiger partial charge is 0.507 e. The Bertz CT molecular complexity index is 547. The van der Waals surface area contributed by atoms with Crippen LogP contribution < -0.4 is 0 Å². The fourth-order valence-corrected chi connectivity index (χ4v) is 1.70. The van der Waals surface area contributed by atoms with E-state index in [-0.39, 0.29) is 17.5 Å². The molecule has 0 radical (unpaired) electrons. The highest BCUT2D eigenvalue weighted by molar-refractivity contribution is 6.09. The predicted molar refractivity (Wildman–Crippen MR) is 62.6 cm³/mol. The summed E-state index contributed by atoms with van der Waals surface area (Å²) in [5.41, 5.74) is 0.621. The van der Waals surface area contributed by atoms with Crippen molar-refractivity contribution in [2.45, 2.75) is 13.8 Å². The molecule has 0 saturated heterocycles. The van der Waals surface area contributed by atoms with Crippen LogP contribution in [0.2, 0.25) is 0 Å². The van der Waals surface area contributed by atoms with Crippen LogP contribution in [0.15, 0.2) is 30.6 Å². The summed E-state index contributed by atoms with van der Waals surface area (Å²) in [5.74, 6) is 0.184. The molecule has 1 aromatic carbocycles. The molecular weight excluding hydrogens is 202 g/mol. The maximum Gasteiger partial charge on any atom is 0.166 e. The first-order chi connectivity index (χ1) is 7.61. The molecule has 0 saturated carbocycles. The second kappa shape index (κ2) is 3.93. The summed E-state index contributed by atoms with van der Waals surface area (Å²) in [6.07, 6.45) is 3.22. The maximum atomic E-state index is 12.0. The lowest BCUT2D eigenvalue weighted by molar-refractivity contribution is 0.0941. The van der Waals surface area contributed by atoms with Gasteiger partial charge in [0.15, 0.2) is 5.78 Å². The van der Waals surface area contributed by atoms with Crippen molar-refractivity contribution in [3.8, 4) is 5.75 Å². The van der Waals surface area contributed by atoms with Crippen molar-refractivity contribution in [1.82, 2.24) is 4.98 Å². The van der Waals surface area contributed by atoms with Crippen LogP contribution in [0.4, 0.5) is 0 Å². The van der Waals surface area contributed by atoms with E-state index in [1.54, 1.807) is 30.6 Å². The standard InChI is InChI=1S/C13H13NO2/c1-8(2)13(16)10-3-4-12(15)9-5-6-14-7-11(9)10/h3-8,15H,1-2H3. The Kier molecular flexibility index (Phi) is 2.60. The Morgan fingerprint density at radius 1 is 1.25 bits per heavy atom. The molecule has 2 aromatic rings. The monoisotopic (exact) mass is 215 g/mol. The number of nitrogens with zero attached hydrogens (tertiary/aromatic N) is 1. The number of carbonyl (C=O) groups is 1. The van der Waals surface area contributed by atoms with Gasteiger partial charge < -0.3 is 5.11 Å². The number of pyridine rings is 1. The lowest BCUT2D eigenvalue weighted by Crippen LogP contribution is -2.07. The molecule has 1 heterocycles. The first-order valence-corrected chi connectivity index (χ1v) is 5.21. The lowest BCUT2D eigenvalue weighted by atomic mass is 9.96. The van der Waals surface area contributed by atoms with Crippen LogP contribution in [0.1, 0.15) is 24.2 Å². The Morgan fingerprint density at radius 2 is 2.00 bits per heavy atom. The van der Waals surface area contributed by atoms with E-state index in [0.717, 1.165) is 0 Å². The molecule has 3 nitrogen and oxygen atoms in total. The summed E-state index contributed by atoms with van der Waals surface area (Å²) >= 11 is 0. The summed E-state index contributed by atoms with van der Waals surface area (Å²) in [6, 6.07) is 4.92. The molecule has 0 aliphatic carbocycles. The first-order valence-electron chi connectivity index (χ1n) is 5.21. The minimum absolute atomic E-state index is 0.0621. The van der Waals surface area contributed by atoms with Gasteiger partial charge in [-0.2, -0.15) is 0 Å². The molecule has 1 N–H and O–H groups in total. The van der Waals surface area contributed by atoms with Crippen LogP contribution in [-0.4, -0.2) is 15.9 Å². The van der Waals surface area contributed by atoms with Crippen molar-refractivity contribution in [3.63, 3.8) is 0 Å². The number of phenols is 1. The quantitative estimate of drug-likeness (QED) is 0.783. The van der Waals surface area contributed by atoms with E-state index in [4.69, 9.17) is 0 Å². The highest BCUT2D eigenvalue weighted by atomic mass is 16.3. The smallest absolute Gasteiger partial charge is 0.166 e. The van der Waals surface area contributed by atoms with Crippen LogP contribution in [0.5, 0.6) is 5.75 Å². The molecule has 82 valence electrons. The van der Waals surface area contributed by atoms with E-state index in [0.29, 0.717) is 16.3 Å². The Morgan fingerprint density at radius 3 is 2.69 bits per heavy atom. The molecule has 0 amide bonds. The summed E-state index contributed by atoms with van der Waals surface area (Å²) < 4.78 is 0. The fraction of sp³-hybridized carbons (Fsp3) is 0.231. The molecule has 1 aromatic heterocycles. The van der Waals surface area contributed by atoms with E-state index in [1.807, 2.05) is 13.8 Å². The van der Waals surface area contributed by atoms with Crippen LogP contribution in [0.25, 0.3) is 10.8 Å². The van der Waals surface area contributed by atoms with Crippen LogP contribution in [0.3, 0.4) is 0 Å². The number of aromatic hydroxyl groups is 1. The van der Waals surface area contributed by atoms with Gasteiger partial charge in [-0.3, -0.25) is 9.78 Å². The number of hydrogen-bond donors (Lipinski definition) is 1. The predicted octanol–water partition coefficient (Wildman–Crippen LogP) is 2.78. The molecule has 0 unspecified atom stereocenters. The highest BCUT2D eigenvalue weighted by Crippen LogP contribution is 2.27. The van der Waals surface area contributed by atoms with Gasteiger partial charge in [0, 0.05) is 34.6 Å². The number of Topliss-reactive ketones (excluding diaryl/α,β-unsaturated/α-hetero) is 1. The molecule has 0 aliphatic rings. The average molecular weight is 215 g/mol. The number of benzene rings is 1. The van der Waals surface area contributed by atoms with Crippen molar-refractivity contribution in [2.24, 2.45) is 5.92 Å². The minimum atomic E-state index is -0.0621. The zero-order valence-electron chi connectivity index (χ0n) is 9.27. The molecule has 0 spiro atoms. The topological polar surface area (TPSA) is 50.2 Å². The third kappa shape index (κ3) is 1.65. The van der Waals surface area contributed by atoms with E-state index in [2.05, 4.69) is 4.98 Å². The van der Waals surface area contributed by atoms with Crippen LogP contribution in [-0.2, 0) is 0 Å². The number of aromatic nitrogens is 1. The van der Waals surface area contributed by atoms with E-state index < -0.39 is 0 Å². The normalized spacial score (nSPS) is 10.9. The average Bonchev–Trinajstić information content (AvgIpc) is 2.29. The fourth-order valence-electron chi connectivity index (χ4n) is 1.70. The van der Waals surface area contributed by atoms with Gasteiger partial charge in [-0.05, 0) is 18.2 Å².